The van der Waals surface area contributed by atoms with Gasteiger partial charge in [0, 0.05) is 17.0 Å². The topological polar surface area (TPSA) is 34.1 Å². The fourth-order valence-electron chi connectivity index (χ4n) is 2.81. The molecular formula is C15H17ClN2O. The van der Waals surface area contributed by atoms with Crippen LogP contribution in [0.2, 0.25) is 5.02 Å². The summed E-state index contributed by atoms with van der Waals surface area (Å²) in [6.07, 6.45) is 2.30. The number of halogens is 1. The fourth-order valence-corrected chi connectivity index (χ4v) is 3.25. The SMILES string of the molecule is COc1ccc2c(Cl)c(C3(C)CCCN3)ccc2n1. The Hall–Kier alpha value is -1.32. The van der Waals surface area contributed by atoms with Gasteiger partial charge in [-0.3, -0.25) is 0 Å². The highest BCUT2D eigenvalue weighted by Crippen LogP contribution is 2.38. The second kappa shape index (κ2) is 4.66. The Morgan fingerprint density at radius 3 is 2.84 bits per heavy atom. The largest absolute Gasteiger partial charge is 0.481 e. The third-order valence-electron chi connectivity index (χ3n) is 3.95. The van der Waals surface area contributed by atoms with Crippen molar-refractivity contribution in [3.63, 3.8) is 0 Å². The molecule has 3 nitrogen and oxygen atoms in total. The number of benzene rings is 1. The Bertz CT molecular complexity index is 621. The molecule has 1 unspecified atom stereocenters. The molecule has 1 atom stereocenters. The zero-order chi connectivity index (χ0) is 13.5. The normalized spacial score (nSPS) is 22.9. The lowest BCUT2D eigenvalue weighted by Gasteiger charge is -2.26. The first kappa shape index (κ1) is 12.7. The lowest BCUT2D eigenvalue weighted by Crippen LogP contribution is -2.33. The fraction of sp³-hybridized carbons (Fsp3) is 0.400. The van der Waals surface area contributed by atoms with Crippen LogP contribution in [0, 0.1) is 0 Å². The Labute approximate surface area is 117 Å². The van der Waals surface area contributed by atoms with Gasteiger partial charge < -0.3 is 10.1 Å². The number of nitrogens with zero attached hydrogens (tertiary/aromatic N) is 1. The first-order valence-electron chi connectivity index (χ1n) is 6.53. The van der Waals surface area contributed by atoms with E-state index in [4.69, 9.17) is 16.3 Å². The molecule has 0 amide bonds. The van der Waals surface area contributed by atoms with Crippen LogP contribution in [0.3, 0.4) is 0 Å². The molecule has 100 valence electrons. The Morgan fingerprint density at radius 2 is 2.16 bits per heavy atom. The van der Waals surface area contributed by atoms with Crippen LogP contribution in [-0.2, 0) is 5.54 Å². The number of pyridine rings is 1. The summed E-state index contributed by atoms with van der Waals surface area (Å²) < 4.78 is 5.15. The predicted molar refractivity (Wildman–Crippen MR) is 77.9 cm³/mol. The predicted octanol–water partition coefficient (Wildman–Crippen LogP) is 3.50. The van der Waals surface area contributed by atoms with E-state index in [0.29, 0.717) is 5.88 Å². The third-order valence-corrected chi connectivity index (χ3v) is 4.36. The molecule has 0 radical (unpaired) electrons. The molecule has 0 bridgehead atoms. The summed E-state index contributed by atoms with van der Waals surface area (Å²) in [4.78, 5) is 4.42. The number of fused-ring (bicyclic) bond motifs is 1. The second-order valence-electron chi connectivity index (χ2n) is 5.21. The van der Waals surface area contributed by atoms with Crippen molar-refractivity contribution in [2.45, 2.75) is 25.3 Å². The quantitative estimate of drug-likeness (QED) is 0.912. The third kappa shape index (κ3) is 2.07. The van der Waals surface area contributed by atoms with E-state index >= 15 is 0 Å². The molecule has 0 spiro atoms. The number of hydrogen-bond acceptors (Lipinski definition) is 3. The number of aromatic nitrogens is 1. The van der Waals surface area contributed by atoms with Crippen LogP contribution < -0.4 is 10.1 Å². The standard InChI is InChI=1S/C15H17ClN2O/c1-15(8-3-9-17-15)11-5-6-12-10(14(11)16)4-7-13(18-12)19-2/h4-7,17H,3,8-9H2,1-2H3. The van der Waals surface area contributed by atoms with Gasteiger partial charge in [-0.2, -0.15) is 0 Å². The summed E-state index contributed by atoms with van der Waals surface area (Å²) >= 11 is 6.59. The summed E-state index contributed by atoms with van der Waals surface area (Å²) in [6, 6.07) is 7.92. The van der Waals surface area contributed by atoms with Crippen molar-refractivity contribution in [2.75, 3.05) is 13.7 Å². The van der Waals surface area contributed by atoms with E-state index in [9.17, 15) is 0 Å². The van der Waals surface area contributed by atoms with Crippen LogP contribution in [0.5, 0.6) is 5.88 Å². The van der Waals surface area contributed by atoms with Gasteiger partial charge in [-0.05, 0) is 44.0 Å². The maximum absolute atomic E-state index is 6.59. The number of hydrogen-bond donors (Lipinski definition) is 1. The monoisotopic (exact) mass is 276 g/mol. The van der Waals surface area contributed by atoms with E-state index in [1.165, 1.54) is 6.42 Å². The molecule has 0 saturated carbocycles. The van der Waals surface area contributed by atoms with Gasteiger partial charge in [0.1, 0.15) is 0 Å². The van der Waals surface area contributed by atoms with Crippen LogP contribution in [-0.4, -0.2) is 18.6 Å². The molecule has 2 heterocycles. The van der Waals surface area contributed by atoms with E-state index in [1.54, 1.807) is 7.11 Å². The molecule has 1 aliphatic rings. The van der Waals surface area contributed by atoms with Gasteiger partial charge in [-0.15, -0.1) is 0 Å². The zero-order valence-electron chi connectivity index (χ0n) is 11.2. The van der Waals surface area contributed by atoms with Crippen molar-refractivity contribution >= 4 is 22.5 Å². The summed E-state index contributed by atoms with van der Waals surface area (Å²) in [5.74, 6) is 0.613. The van der Waals surface area contributed by atoms with Gasteiger partial charge in [-0.25, -0.2) is 4.98 Å². The van der Waals surface area contributed by atoms with Crippen molar-refractivity contribution in [1.29, 1.82) is 0 Å². The lowest BCUT2D eigenvalue weighted by atomic mass is 9.89. The van der Waals surface area contributed by atoms with E-state index in [0.717, 1.165) is 34.5 Å². The van der Waals surface area contributed by atoms with E-state index in [-0.39, 0.29) is 5.54 Å². The highest BCUT2D eigenvalue weighted by atomic mass is 35.5. The van der Waals surface area contributed by atoms with Gasteiger partial charge >= 0.3 is 0 Å². The number of methoxy groups -OCH3 is 1. The summed E-state index contributed by atoms with van der Waals surface area (Å²) in [6.45, 7) is 3.26. The molecule has 2 aromatic rings. The second-order valence-corrected chi connectivity index (χ2v) is 5.59. The van der Waals surface area contributed by atoms with Gasteiger partial charge in [0.05, 0.1) is 17.6 Å². The molecular weight excluding hydrogens is 260 g/mol. The molecule has 19 heavy (non-hydrogen) atoms. The Kier molecular flexibility index (Phi) is 3.11. The van der Waals surface area contributed by atoms with Crippen molar-refractivity contribution in [3.05, 3.63) is 34.9 Å². The highest BCUT2D eigenvalue weighted by molar-refractivity contribution is 6.36. The average molecular weight is 277 g/mol. The summed E-state index contributed by atoms with van der Waals surface area (Å²) in [7, 11) is 1.62. The van der Waals surface area contributed by atoms with Gasteiger partial charge in [0.2, 0.25) is 5.88 Å². The molecule has 1 N–H and O–H groups in total. The molecule has 0 aliphatic carbocycles. The molecule has 4 heteroatoms. The maximum atomic E-state index is 6.59. The van der Waals surface area contributed by atoms with Crippen molar-refractivity contribution in [2.24, 2.45) is 0 Å². The molecule has 1 aromatic carbocycles. The van der Waals surface area contributed by atoms with Crippen LogP contribution in [0.1, 0.15) is 25.3 Å². The van der Waals surface area contributed by atoms with E-state index < -0.39 is 0 Å². The first-order chi connectivity index (χ1) is 9.14. The van der Waals surface area contributed by atoms with Crippen molar-refractivity contribution < 1.29 is 4.74 Å². The summed E-state index contributed by atoms with van der Waals surface area (Å²) in [5, 5.41) is 5.33. The minimum absolute atomic E-state index is 0.0226. The molecule has 1 aromatic heterocycles. The Balaban J connectivity index is 2.16. The summed E-state index contributed by atoms with van der Waals surface area (Å²) in [5.41, 5.74) is 2.01. The molecule has 1 aliphatic heterocycles. The van der Waals surface area contributed by atoms with Gasteiger partial charge in [0.25, 0.3) is 0 Å². The van der Waals surface area contributed by atoms with Crippen molar-refractivity contribution in [1.82, 2.24) is 10.3 Å². The van der Waals surface area contributed by atoms with Gasteiger partial charge in [-0.1, -0.05) is 17.7 Å². The smallest absolute Gasteiger partial charge is 0.213 e. The highest BCUT2D eigenvalue weighted by Gasteiger charge is 2.32. The number of rotatable bonds is 2. The van der Waals surface area contributed by atoms with Gasteiger partial charge in [0.15, 0.2) is 0 Å². The van der Waals surface area contributed by atoms with E-state index in [1.807, 2.05) is 18.2 Å². The minimum atomic E-state index is -0.0226. The van der Waals surface area contributed by atoms with Crippen LogP contribution in [0.15, 0.2) is 24.3 Å². The maximum Gasteiger partial charge on any atom is 0.213 e. The van der Waals surface area contributed by atoms with Crippen LogP contribution >= 0.6 is 11.6 Å². The average Bonchev–Trinajstić information content (AvgIpc) is 2.86. The first-order valence-corrected chi connectivity index (χ1v) is 6.91. The van der Waals surface area contributed by atoms with Crippen molar-refractivity contribution in [3.8, 4) is 5.88 Å². The number of nitrogens with one attached hydrogen (secondary N) is 1. The van der Waals surface area contributed by atoms with Crippen LogP contribution in [0.4, 0.5) is 0 Å². The molecule has 3 rings (SSSR count). The molecule has 1 saturated heterocycles. The van der Waals surface area contributed by atoms with Crippen LogP contribution in [0.25, 0.3) is 10.9 Å². The minimum Gasteiger partial charge on any atom is -0.481 e. The number of ether oxygens (including phenoxy) is 1. The lowest BCUT2D eigenvalue weighted by molar-refractivity contribution is 0.399. The van der Waals surface area contributed by atoms with E-state index in [2.05, 4.69) is 23.3 Å². The zero-order valence-corrected chi connectivity index (χ0v) is 11.9. The Morgan fingerprint density at radius 1 is 1.32 bits per heavy atom. The molecule has 1 fully saturated rings.